The van der Waals surface area contributed by atoms with Crippen molar-refractivity contribution < 1.29 is 0 Å². The van der Waals surface area contributed by atoms with Crippen LogP contribution in [-0.4, -0.2) is 158 Å². The van der Waals surface area contributed by atoms with Crippen molar-refractivity contribution in [2.75, 3.05) is 0 Å². The van der Waals surface area contributed by atoms with Crippen molar-refractivity contribution in [2.24, 2.45) is 0 Å². The Hall–Kier alpha value is 5.32. The quantitative estimate of drug-likeness (QED) is 0.288. The van der Waals surface area contributed by atoms with Crippen molar-refractivity contribution in [3.63, 3.8) is 0 Å². The first-order chi connectivity index (χ1) is 0. The number of rotatable bonds is 0. The minimum atomic E-state index is 0. The van der Waals surface area contributed by atoms with Crippen LogP contribution in [0.15, 0.2) is 0 Å². The molecule has 0 saturated carbocycles. The van der Waals surface area contributed by atoms with E-state index in [0.29, 0.717) is 0 Å². The molecule has 0 aromatic heterocycles. The van der Waals surface area contributed by atoms with Crippen molar-refractivity contribution in [3.05, 3.63) is 0 Å². The van der Waals surface area contributed by atoms with E-state index >= 15 is 0 Å². The van der Waals surface area contributed by atoms with E-state index < -0.39 is 0 Å². The summed E-state index contributed by atoms with van der Waals surface area (Å²) >= 11 is 0. The molecular formula is C12H48Pb4Sb2. The van der Waals surface area contributed by atoms with Gasteiger partial charge in [0.05, 0.1) is 0 Å². The largest absolute Gasteiger partial charge is 0.0776 e. The SMILES string of the molecule is C.C.C.C.C.C.C.C.C.C.C.C.[Pb].[Pb].[Pb].[Pb].[Sb].[Sb]. The average Bonchev–Trinajstić information content (AvgIpc) is 0. The maximum absolute atomic E-state index is 0. The Morgan fingerprint density at radius 2 is 0.167 bits per heavy atom. The predicted octanol–water partition coefficient (Wildman–Crippen LogP) is 5.35. The molecule has 0 spiro atoms. The van der Waals surface area contributed by atoms with Crippen LogP contribution in [0.2, 0.25) is 0 Å². The monoisotopic (exact) mass is 1270 g/mol. The molecule has 0 heterocycles. The van der Waals surface area contributed by atoms with Gasteiger partial charge < -0.3 is 0 Å². The average molecular weight is 1260 g/mol. The third-order valence-corrected chi connectivity index (χ3v) is 0. The van der Waals surface area contributed by atoms with E-state index in [0.717, 1.165) is 0 Å². The molecular weight excluding hydrogens is 1220 g/mol. The first kappa shape index (κ1) is 410. The molecule has 0 rings (SSSR count). The van der Waals surface area contributed by atoms with Gasteiger partial charge in [-0.25, -0.2) is 0 Å². The van der Waals surface area contributed by atoms with Crippen LogP contribution in [0.4, 0.5) is 0 Å². The molecule has 0 aliphatic carbocycles. The molecule has 22 radical (unpaired) electrons. The second-order valence-corrected chi connectivity index (χ2v) is 0. The molecule has 0 aliphatic heterocycles. The Morgan fingerprint density at radius 3 is 0.167 bits per heavy atom. The smallest absolute Gasteiger partial charge is 0 e. The van der Waals surface area contributed by atoms with Crippen LogP contribution in [0, 0.1) is 0 Å². The van der Waals surface area contributed by atoms with E-state index in [9.17, 15) is 0 Å². The van der Waals surface area contributed by atoms with Crippen LogP contribution in [-0.2, 0) is 0 Å². The Kier molecular flexibility index (Phi) is 8160. The summed E-state index contributed by atoms with van der Waals surface area (Å²) in [4.78, 5) is 0. The Morgan fingerprint density at radius 1 is 0.167 bits per heavy atom. The molecule has 0 fully saturated rings. The number of hydrogen-bond acceptors (Lipinski definition) is 0. The molecule has 0 nitrogen and oxygen atoms in total. The van der Waals surface area contributed by atoms with Gasteiger partial charge in [-0.15, -0.1) is 0 Å². The second kappa shape index (κ2) is 358. The Labute approximate surface area is 242 Å². The van der Waals surface area contributed by atoms with Crippen molar-refractivity contribution in [3.8, 4) is 0 Å². The van der Waals surface area contributed by atoms with Gasteiger partial charge in [-0.2, -0.15) is 0 Å². The fraction of sp³-hybridized carbons (Fsp3) is 1.00. The normalized spacial score (nSPS) is 0. The molecule has 6 heteroatoms. The molecule has 0 aromatic carbocycles. The summed E-state index contributed by atoms with van der Waals surface area (Å²) in [6, 6.07) is 0. The van der Waals surface area contributed by atoms with E-state index in [2.05, 4.69) is 0 Å². The maximum Gasteiger partial charge on any atom is 0 e. The van der Waals surface area contributed by atoms with E-state index in [1.165, 1.54) is 0 Å². The van der Waals surface area contributed by atoms with Crippen molar-refractivity contribution in [1.29, 1.82) is 0 Å². The van der Waals surface area contributed by atoms with Gasteiger partial charge in [-0.3, -0.25) is 0 Å². The third kappa shape index (κ3) is 311. The summed E-state index contributed by atoms with van der Waals surface area (Å²) in [6.45, 7) is 0. The van der Waals surface area contributed by atoms with Crippen LogP contribution < -0.4 is 0 Å². The molecule has 0 bridgehead atoms. The third-order valence-electron chi connectivity index (χ3n) is 0. The molecule has 0 amide bonds. The molecule has 0 aliphatic rings. The van der Waals surface area contributed by atoms with Gasteiger partial charge in [-0.05, 0) is 0 Å². The number of hydrogen-bond donors (Lipinski definition) is 0. The van der Waals surface area contributed by atoms with Gasteiger partial charge in [0.25, 0.3) is 0 Å². The van der Waals surface area contributed by atoms with E-state index in [4.69, 9.17) is 0 Å². The molecule has 122 valence electrons. The molecule has 0 N–H and O–H groups in total. The van der Waals surface area contributed by atoms with Crippen molar-refractivity contribution in [1.82, 2.24) is 0 Å². The van der Waals surface area contributed by atoms with E-state index in [1.807, 2.05) is 0 Å². The van der Waals surface area contributed by atoms with Crippen LogP contribution in [0.25, 0.3) is 0 Å². The first-order valence-corrected chi connectivity index (χ1v) is 0. The Bertz CT molecular complexity index is 22.0. The van der Waals surface area contributed by atoms with Gasteiger partial charge in [0.15, 0.2) is 0 Å². The summed E-state index contributed by atoms with van der Waals surface area (Å²) in [5.41, 5.74) is 0. The van der Waals surface area contributed by atoms with Gasteiger partial charge >= 0.3 is 0 Å². The minimum Gasteiger partial charge on any atom is -0.0776 e. The van der Waals surface area contributed by atoms with Gasteiger partial charge in [0.2, 0.25) is 0 Å². The second-order valence-electron chi connectivity index (χ2n) is 0. The zero-order chi connectivity index (χ0) is 0. The Balaban J connectivity index is 0. The summed E-state index contributed by atoms with van der Waals surface area (Å²) in [7, 11) is 0. The fourth-order valence-electron chi connectivity index (χ4n) is 0. The minimum absolute atomic E-state index is 0. The van der Waals surface area contributed by atoms with Gasteiger partial charge in [0, 0.05) is 158 Å². The first-order valence-electron chi connectivity index (χ1n) is 0. The zero-order valence-corrected chi connectivity index (χ0v) is 23.5. The summed E-state index contributed by atoms with van der Waals surface area (Å²) in [6.07, 6.45) is 0. The topological polar surface area (TPSA) is 0 Å². The zero-order valence-electron chi connectivity index (χ0n) is 2.89. The molecule has 18 heavy (non-hydrogen) atoms. The molecule has 0 atom stereocenters. The fourth-order valence-corrected chi connectivity index (χ4v) is 0. The van der Waals surface area contributed by atoms with Crippen LogP contribution in [0.5, 0.6) is 0 Å². The van der Waals surface area contributed by atoms with E-state index in [1.54, 1.807) is 0 Å². The van der Waals surface area contributed by atoms with E-state index in [-0.39, 0.29) is 247 Å². The molecule has 0 unspecified atom stereocenters. The standard InChI is InChI=1S/12CH4.4Pb.2Sb/h12*1H4;;;;;;. The van der Waals surface area contributed by atoms with Crippen molar-refractivity contribution >= 4 is 158 Å². The van der Waals surface area contributed by atoms with Gasteiger partial charge in [-0.1, -0.05) is 89.1 Å². The van der Waals surface area contributed by atoms with Crippen LogP contribution >= 0.6 is 0 Å². The molecule has 0 saturated heterocycles. The van der Waals surface area contributed by atoms with Crippen LogP contribution in [0.1, 0.15) is 89.1 Å². The van der Waals surface area contributed by atoms with Crippen LogP contribution in [0.3, 0.4) is 0 Å². The summed E-state index contributed by atoms with van der Waals surface area (Å²) in [5, 5.41) is 0. The maximum atomic E-state index is 0. The molecule has 0 aromatic rings. The predicted molar refractivity (Wildman–Crippen MR) is 115 cm³/mol. The summed E-state index contributed by atoms with van der Waals surface area (Å²) in [5.74, 6) is 0. The van der Waals surface area contributed by atoms with Crippen molar-refractivity contribution in [2.45, 2.75) is 89.1 Å². The van der Waals surface area contributed by atoms with Gasteiger partial charge in [0.1, 0.15) is 0 Å². The summed E-state index contributed by atoms with van der Waals surface area (Å²) < 4.78 is 0.